The van der Waals surface area contributed by atoms with Gasteiger partial charge < -0.3 is 9.84 Å². The number of ether oxygens (including phenoxy) is 1. The minimum atomic E-state index is -0.782. The van der Waals surface area contributed by atoms with Crippen molar-refractivity contribution >= 4 is 11.5 Å². The molecule has 0 saturated heterocycles. The van der Waals surface area contributed by atoms with Crippen LogP contribution >= 0.6 is 0 Å². The molecule has 1 aromatic rings. The van der Waals surface area contributed by atoms with Gasteiger partial charge in [-0.25, -0.2) is 0 Å². The molecule has 1 aromatic carbocycles. The molecule has 0 aromatic heterocycles. The molecule has 0 saturated carbocycles. The lowest BCUT2D eigenvalue weighted by Crippen LogP contribution is -2.40. The van der Waals surface area contributed by atoms with Gasteiger partial charge in [0.15, 0.2) is 0 Å². The topological polar surface area (TPSA) is 46.5 Å². The summed E-state index contributed by atoms with van der Waals surface area (Å²) < 4.78 is 5.99. The summed E-state index contributed by atoms with van der Waals surface area (Å²) in [5, 5.41) is 9.28. The zero-order valence-corrected chi connectivity index (χ0v) is 12.7. The molecule has 112 valence electrons. The summed E-state index contributed by atoms with van der Waals surface area (Å²) in [5.74, 6) is -0.782. The van der Waals surface area contributed by atoms with Crippen molar-refractivity contribution in [3.05, 3.63) is 40.5 Å². The van der Waals surface area contributed by atoms with Gasteiger partial charge in [-0.2, -0.15) is 0 Å². The van der Waals surface area contributed by atoms with Crippen LogP contribution in [0.4, 0.5) is 0 Å². The van der Waals surface area contributed by atoms with Gasteiger partial charge in [-0.3, -0.25) is 4.79 Å². The van der Waals surface area contributed by atoms with Crippen LogP contribution in [0, 0.1) is 0 Å². The first-order valence-corrected chi connectivity index (χ1v) is 7.80. The van der Waals surface area contributed by atoms with E-state index >= 15 is 0 Å². The third-order valence-corrected chi connectivity index (χ3v) is 4.92. The molecule has 3 heteroatoms. The Hall–Kier alpha value is -1.61. The van der Waals surface area contributed by atoms with Crippen molar-refractivity contribution in [3.63, 3.8) is 0 Å². The van der Waals surface area contributed by atoms with Crippen LogP contribution < -0.4 is 0 Å². The maximum absolute atomic E-state index is 11.3. The van der Waals surface area contributed by atoms with Gasteiger partial charge in [0, 0.05) is 0 Å². The maximum atomic E-state index is 11.3. The average Bonchev–Trinajstić information content (AvgIpc) is 2.85. The van der Waals surface area contributed by atoms with Gasteiger partial charge in [0.1, 0.15) is 5.60 Å². The van der Waals surface area contributed by atoms with E-state index in [0.717, 1.165) is 19.3 Å². The second-order valence-electron chi connectivity index (χ2n) is 6.00. The molecule has 1 atom stereocenters. The van der Waals surface area contributed by atoms with E-state index in [-0.39, 0.29) is 6.42 Å². The van der Waals surface area contributed by atoms with E-state index in [2.05, 4.69) is 25.1 Å². The fourth-order valence-electron chi connectivity index (χ4n) is 3.77. The van der Waals surface area contributed by atoms with Gasteiger partial charge in [0.25, 0.3) is 0 Å². The number of fused-ring (bicyclic) bond motifs is 2. The van der Waals surface area contributed by atoms with Gasteiger partial charge in [-0.1, -0.05) is 32.0 Å². The summed E-state index contributed by atoms with van der Waals surface area (Å²) in [6.45, 7) is 4.81. The number of aryl methyl sites for hydroxylation is 1. The molecule has 1 aliphatic carbocycles. The van der Waals surface area contributed by atoms with Crippen LogP contribution in [0.3, 0.4) is 0 Å². The Morgan fingerprint density at radius 1 is 1.38 bits per heavy atom. The van der Waals surface area contributed by atoms with Crippen LogP contribution in [0.25, 0.3) is 5.57 Å². The van der Waals surface area contributed by atoms with Gasteiger partial charge in [0.05, 0.1) is 13.0 Å². The highest BCUT2D eigenvalue weighted by Gasteiger charge is 2.43. The van der Waals surface area contributed by atoms with Crippen LogP contribution in [-0.2, 0) is 22.4 Å². The molecule has 0 radical (unpaired) electrons. The summed E-state index contributed by atoms with van der Waals surface area (Å²) in [4.78, 5) is 11.3. The van der Waals surface area contributed by atoms with Crippen molar-refractivity contribution < 1.29 is 14.6 Å². The minimum absolute atomic E-state index is 0.0664. The smallest absolute Gasteiger partial charge is 0.306 e. The average molecular weight is 286 g/mol. The third kappa shape index (κ3) is 2.30. The Morgan fingerprint density at radius 3 is 2.86 bits per heavy atom. The van der Waals surface area contributed by atoms with E-state index in [0.29, 0.717) is 13.0 Å². The number of aliphatic carboxylic acids is 1. The fraction of sp³-hybridized carbons (Fsp3) is 0.500. The molecular formula is C18H22O3. The third-order valence-electron chi connectivity index (χ3n) is 4.92. The normalized spacial score (nSPS) is 23.9. The van der Waals surface area contributed by atoms with E-state index in [1.165, 1.54) is 27.8 Å². The van der Waals surface area contributed by atoms with Crippen molar-refractivity contribution in [1.29, 1.82) is 0 Å². The van der Waals surface area contributed by atoms with Gasteiger partial charge in [0.2, 0.25) is 0 Å². The molecule has 2 aliphatic rings. The zero-order chi connectivity index (χ0) is 15.0. The van der Waals surface area contributed by atoms with Crippen LogP contribution in [0.15, 0.2) is 23.8 Å². The lowest BCUT2D eigenvalue weighted by atomic mass is 9.82. The van der Waals surface area contributed by atoms with Crippen molar-refractivity contribution in [1.82, 2.24) is 0 Å². The molecule has 3 rings (SSSR count). The maximum Gasteiger partial charge on any atom is 0.306 e. The molecule has 3 nitrogen and oxygen atoms in total. The zero-order valence-electron chi connectivity index (χ0n) is 12.7. The second kappa shape index (κ2) is 5.30. The van der Waals surface area contributed by atoms with E-state index in [1.807, 2.05) is 6.92 Å². The van der Waals surface area contributed by atoms with E-state index in [1.54, 1.807) is 0 Å². The van der Waals surface area contributed by atoms with Gasteiger partial charge in [-0.15, -0.1) is 0 Å². The first-order valence-electron chi connectivity index (χ1n) is 7.80. The summed E-state index contributed by atoms with van der Waals surface area (Å²) in [5.41, 5.74) is 5.94. The summed E-state index contributed by atoms with van der Waals surface area (Å²) >= 11 is 0. The van der Waals surface area contributed by atoms with E-state index in [4.69, 9.17) is 4.74 Å². The number of carboxylic acids is 1. The van der Waals surface area contributed by atoms with Crippen molar-refractivity contribution in [3.8, 4) is 0 Å². The van der Waals surface area contributed by atoms with Gasteiger partial charge in [-0.05, 0) is 53.5 Å². The molecule has 0 fully saturated rings. The van der Waals surface area contributed by atoms with Crippen molar-refractivity contribution in [2.45, 2.75) is 51.6 Å². The minimum Gasteiger partial charge on any atom is -0.481 e. The molecule has 1 aliphatic heterocycles. The largest absolute Gasteiger partial charge is 0.481 e. The quantitative estimate of drug-likeness (QED) is 0.920. The number of benzene rings is 1. The first kappa shape index (κ1) is 14.3. The first-order chi connectivity index (χ1) is 10.1. The van der Waals surface area contributed by atoms with Crippen LogP contribution in [0.2, 0.25) is 0 Å². The molecule has 21 heavy (non-hydrogen) atoms. The Labute approximate surface area is 125 Å². The fourth-order valence-corrected chi connectivity index (χ4v) is 3.77. The highest BCUT2D eigenvalue weighted by atomic mass is 16.5. The SMILES string of the molecule is CCc1ccc2c(c1)CC1=C2CCOC1(CC)CC(=O)O. The Balaban J connectivity index is 2.04. The summed E-state index contributed by atoms with van der Waals surface area (Å²) in [6, 6.07) is 6.67. The molecule has 0 amide bonds. The van der Waals surface area contributed by atoms with E-state index < -0.39 is 11.6 Å². The monoisotopic (exact) mass is 286 g/mol. The molecule has 0 spiro atoms. The Morgan fingerprint density at radius 2 is 2.19 bits per heavy atom. The molecule has 1 unspecified atom stereocenters. The molecule has 1 heterocycles. The highest BCUT2D eigenvalue weighted by Crippen LogP contribution is 2.47. The molecular weight excluding hydrogens is 264 g/mol. The lowest BCUT2D eigenvalue weighted by molar-refractivity contribution is -0.144. The van der Waals surface area contributed by atoms with Crippen LogP contribution in [-0.4, -0.2) is 23.3 Å². The lowest BCUT2D eigenvalue weighted by Gasteiger charge is -2.37. The van der Waals surface area contributed by atoms with Gasteiger partial charge >= 0.3 is 5.97 Å². The second-order valence-corrected chi connectivity index (χ2v) is 6.00. The predicted octanol–water partition coefficient (Wildman–Crippen LogP) is 3.60. The van der Waals surface area contributed by atoms with Crippen molar-refractivity contribution in [2.24, 2.45) is 0 Å². The number of hydrogen-bond acceptors (Lipinski definition) is 2. The Bertz CT molecular complexity index is 615. The number of hydrogen-bond donors (Lipinski definition) is 1. The van der Waals surface area contributed by atoms with Crippen molar-refractivity contribution in [2.75, 3.05) is 6.61 Å². The van der Waals surface area contributed by atoms with Crippen LogP contribution in [0.1, 0.15) is 49.8 Å². The standard InChI is InChI=1S/C18H22O3/c1-3-12-5-6-14-13(9-12)10-16-15(14)7-8-21-18(16,4-2)11-17(19)20/h5-6,9H,3-4,7-8,10-11H2,1-2H3,(H,19,20). The predicted molar refractivity (Wildman–Crippen MR) is 82.3 cm³/mol. The van der Waals surface area contributed by atoms with Crippen LogP contribution in [0.5, 0.6) is 0 Å². The number of carbonyl (C=O) groups is 1. The summed E-state index contributed by atoms with van der Waals surface area (Å²) in [6.07, 6.45) is 3.56. The molecule has 0 bridgehead atoms. The molecule has 1 N–H and O–H groups in total. The Kier molecular flexibility index (Phi) is 3.62. The summed E-state index contributed by atoms with van der Waals surface area (Å²) in [7, 11) is 0. The number of rotatable bonds is 4. The highest BCUT2D eigenvalue weighted by molar-refractivity contribution is 5.80. The van der Waals surface area contributed by atoms with E-state index in [9.17, 15) is 9.90 Å². The number of carboxylic acid groups (broad SMARTS) is 1.